The SMILES string of the molecule is CCCCn1c(CNC(Cc2ccc(OCc3ccccc3)cc2)C2CCCC2)nc2ccc(OCCCN(CC)CC)cc21. The summed E-state index contributed by atoms with van der Waals surface area (Å²) in [4.78, 5) is 7.58. The summed E-state index contributed by atoms with van der Waals surface area (Å²) in [6, 6.07) is 25.9. The molecule has 1 aromatic heterocycles. The first-order valence-corrected chi connectivity index (χ1v) is 17.5. The van der Waals surface area contributed by atoms with Gasteiger partial charge in [-0.25, -0.2) is 4.98 Å². The zero-order valence-electron chi connectivity index (χ0n) is 27.8. The van der Waals surface area contributed by atoms with Gasteiger partial charge in [-0.1, -0.05) is 82.5 Å². The van der Waals surface area contributed by atoms with Crippen LogP contribution in [-0.2, 0) is 26.1 Å². The van der Waals surface area contributed by atoms with E-state index in [9.17, 15) is 0 Å². The molecule has 0 saturated heterocycles. The predicted octanol–water partition coefficient (Wildman–Crippen LogP) is 8.42. The average Bonchev–Trinajstić information content (AvgIpc) is 3.74. The number of rotatable bonds is 19. The summed E-state index contributed by atoms with van der Waals surface area (Å²) in [5.41, 5.74) is 4.78. The van der Waals surface area contributed by atoms with Crippen LogP contribution in [0.1, 0.15) is 82.7 Å². The fraction of sp³-hybridized carbons (Fsp3) is 0.513. The molecule has 242 valence electrons. The second kappa shape index (κ2) is 17.4. The van der Waals surface area contributed by atoms with Crippen molar-refractivity contribution in [2.24, 2.45) is 5.92 Å². The Morgan fingerprint density at radius 2 is 1.62 bits per heavy atom. The zero-order valence-corrected chi connectivity index (χ0v) is 27.8. The first-order valence-electron chi connectivity index (χ1n) is 17.5. The second-order valence-electron chi connectivity index (χ2n) is 12.6. The highest BCUT2D eigenvalue weighted by Gasteiger charge is 2.26. The Bertz CT molecular complexity index is 1410. The molecule has 0 radical (unpaired) electrons. The van der Waals surface area contributed by atoms with Crippen LogP contribution in [0.25, 0.3) is 11.0 Å². The van der Waals surface area contributed by atoms with Gasteiger partial charge in [0.25, 0.3) is 0 Å². The molecule has 1 atom stereocenters. The van der Waals surface area contributed by atoms with Crippen LogP contribution in [-0.4, -0.2) is 46.7 Å². The summed E-state index contributed by atoms with van der Waals surface area (Å²) in [5.74, 6) is 3.69. The highest BCUT2D eigenvalue weighted by atomic mass is 16.5. The number of aromatic nitrogens is 2. The molecule has 6 nitrogen and oxygen atoms in total. The zero-order chi connectivity index (χ0) is 31.3. The van der Waals surface area contributed by atoms with Gasteiger partial charge in [-0.05, 0) is 86.5 Å². The Labute approximate surface area is 271 Å². The summed E-state index contributed by atoms with van der Waals surface area (Å²) in [7, 11) is 0. The van der Waals surface area contributed by atoms with Crippen LogP contribution >= 0.6 is 0 Å². The van der Waals surface area contributed by atoms with E-state index in [2.05, 4.69) is 102 Å². The summed E-state index contributed by atoms with van der Waals surface area (Å²) in [6.07, 6.45) is 9.63. The first kappa shape index (κ1) is 33.0. The molecule has 4 aromatic rings. The number of ether oxygens (including phenoxy) is 2. The standard InChI is InChI=1S/C39H54N4O2/c1-4-7-25-43-38-28-35(44-26-13-24-42(5-2)6-3)22-23-36(38)41-39(43)29-40-37(33-16-11-12-17-33)27-31-18-20-34(21-19-31)45-30-32-14-9-8-10-15-32/h8-10,14-15,18-23,28,33,37,40H,4-7,11-13,16-17,24-27,29-30H2,1-3H3. The molecular formula is C39H54N4O2. The maximum atomic E-state index is 6.21. The molecule has 1 heterocycles. The Kier molecular flexibility index (Phi) is 12.8. The third-order valence-electron chi connectivity index (χ3n) is 9.43. The number of hydrogen-bond acceptors (Lipinski definition) is 5. The number of unbranched alkanes of at least 4 members (excludes halogenated alkanes) is 1. The fourth-order valence-electron chi connectivity index (χ4n) is 6.67. The molecule has 0 bridgehead atoms. The van der Waals surface area contributed by atoms with Crippen molar-refractivity contribution < 1.29 is 9.47 Å². The van der Waals surface area contributed by atoms with E-state index in [0.717, 1.165) is 87.9 Å². The molecule has 1 saturated carbocycles. The van der Waals surface area contributed by atoms with Crippen LogP contribution in [0.2, 0.25) is 0 Å². The second-order valence-corrected chi connectivity index (χ2v) is 12.6. The Morgan fingerprint density at radius 1 is 0.867 bits per heavy atom. The molecule has 0 aliphatic heterocycles. The van der Waals surface area contributed by atoms with Crippen LogP contribution in [0, 0.1) is 5.92 Å². The van der Waals surface area contributed by atoms with Gasteiger partial charge < -0.3 is 24.3 Å². The number of imidazole rings is 1. The highest BCUT2D eigenvalue weighted by Crippen LogP contribution is 2.30. The quantitative estimate of drug-likeness (QED) is 0.108. The van der Waals surface area contributed by atoms with Crippen molar-refractivity contribution in [1.29, 1.82) is 0 Å². The van der Waals surface area contributed by atoms with Crippen LogP contribution in [0.15, 0.2) is 72.8 Å². The van der Waals surface area contributed by atoms with Gasteiger partial charge in [-0.3, -0.25) is 0 Å². The molecule has 45 heavy (non-hydrogen) atoms. The van der Waals surface area contributed by atoms with Crippen molar-refractivity contribution in [3.05, 3.63) is 89.7 Å². The number of nitrogens with zero attached hydrogens (tertiary/aromatic N) is 3. The van der Waals surface area contributed by atoms with Gasteiger partial charge in [0.2, 0.25) is 0 Å². The summed E-state index contributed by atoms with van der Waals surface area (Å²) < 4.78 is 14.7. The fourth-order valence-corrected chi connectivity index (χ4v) is 6.67. The van der Waals surface area contributed by atoms with E-state index < -0.39 is 0 Å². The Balaban J connectivity index is 1.24. The molecule has 5 rings (SSSR count). The highest BCUT2D eigenvalue weighted by molar-refractivity contribution is 5.77. The van der Waals surface area contributed by atoms with E-state index in [-0.39, 0.29) is 0 Å². The lowest BCUT2D eigenvalue weighted by Crippen LogP contribution is -2.37. The predicted molar refractivity (Wildman–Crippen MR) is 186 cm³/mol. The third-order valence-corrected chi connectivity index (χ3v) is 9.43. The van der Waals surface area contributed by atoms with E-state index in [1.54, 1.807) is 0 Å². The molecule has 3 aromatic carbocycles. The van der Waals surface area contributed by atoms with Crippen molar-refractivity contribution in [2.45, 2.75) is 97.9 Å². The van der Waals surface area contributed by atoms with E-state index in [0.29, 0.717) is 18.6 Å². The van der Waals surface area contributed by atoms with E-state index in [1.165, 1.54) is 42.3 Å². The van der Waals surface area contributed by atoms with Crippen molar-refractivity contribution in [3.8, 4) is 11.5 Å². The largest absolute Gasteiger partial charge is 0.493 e. The number of fused-ring (bicyclic) bond motifs is 1. The number of benzene rings is 3. The number of aryl methyl sites for hydroxylation is 1. The molecular weight excluding hydrogens is 556 g/mol. The first-order chi connectivity index (χ1) is 22.2. The third kappa shape index (κ3) is 9.57. The lowest BCUT2D eigenvalue weighted by molar-refractivity contribution is 0.249. The lowest BCUT2D eigenvalue weighted by Gasteiger charge is -2.25. The number of nitrogens with one attached hydrogen (secondary N) is 1. The van der Waals surface area contributed by atoms with Gasteiger partial charge in [-0.15, -0.1) is 0 Å². The minimum absolute atomic E-state index is 0.424. The molecule has 0 amide bonds. The summed E-state index contributed by atoms with van der Waals surface area (Å²) >= 11 is 0. The molecule has 1 aliphatic rings. The van der Waals surface area contributed by atoms with Gasteiger partial charge in [0.15, 0.2) is 0 Å². The van der Waals surface area contributed by atoms with Crippen molar-refractivity contribution in [1.82, 2.24) is 19.8 Å². The molecule has 1 aliphatic carbocycles. The molecule has 1 fully saturated rings. The average molecular weight is 611 g/mol. The van der Waals surface area contributed by atoms with Gasteiger partial charge >= 0.3 is 0 Å². The smallest absolute Gasteiger partial charge is 0.123 e. The van der Waals surface area contributed by atoms with Crippen molar-refractivity contribution >= 4 is 11.0 Å². The van der Waals surface area contributed by atoms with Crippen LogP contribution in [0.4, 0.5) is 0 Å². The minimum atomic E-state index is 0.424. The minimum Gasteiger partial charge on any atom is -0.493 e. The Morgan fingerprint density at radius 3 is 2.36 bits per heavy atom. The maximum absolute atomic E-state index is 6.21. The van der Waals surface area contributed by atoms with E-state index in [4.69, 9.17) is 14.5 Å². The van der Waals surface area contributed by atoms with Crippen LogP contribution in [0.3, 0.4) is 0 Å². The summed E-state index contributed by atoms with van der Waals surface area (Å²) in [5, 5.41) is 3.99. The van der Waals surface area contributed by atoms with Gasteiger partial charge in [-0.2, -0.15) is 0 Å². The normalized spacial score (nSPS) is 14.4. The van der Waals surface area contributed by atoms with Gasteiger partial charge in [0.05, 0.1) is 24.2 Å². The topological polar surface area (TPSA) is 51.6 Å². The molecule has 1 unspecified atom stereocenters. The van der Waals surface area contributed by atoms with Crippen molar-refractivity contribution in [2.75, 3.05) is 26.2 Å². The van der Waals surface area contributed by atoms with Gasteiger partial charge in [0.1, 0.15) is 23.9 Å². The number of hydrogen-bond donors (Lipinski definition) is 1. The van der Waals surface area contributed by atoms with Crippen LogP contribution < -0.4 is 14.8 Å². The maximum Gasteiger partial charge on any atom is 0.123 e. The molecule has 6 heteroatoms. The van der Waals surface area contributed by atoms with Crippen molar-refractivity contribution in [3.63, 3.8) is 0 Å². The van der Waals surface area contributed by atoms with Gasteiger partial charge in [0, 0.05) is 25.2 Å². The molecule has 1 N–H and O–H groups in total. The van der Waals surface area contributed by atoms with E-state index in [1.807, 2.05) is 6.07 Å². The van der Waals surface area contributed by atoms with Crippen LogP contribution in [0.5, 0.6) is 11.5 Å². The van der Waals surface area contributed by atoms with E-state index >= 15 is 0 Å². The Hall–Kier alpha value is -3.35. The monoisotopic (exact) mass is 610 g/mol. The lowest BCUT2D eigenvalue weighted by atomic mass is 9.92. The molecule has 0 spiro atoms. The summed E-state index contributed by atoms with van der Waals surface area (Å²) in [6.45, 7) is 13.0.